The number of aromatic carboxylic acids is 1. The molecule has 0 aliphatic heterocycles. The third-order valence-corrected chi connectivity index (χ3v) is 4.26. The smallest absolute Gasteiger partial charge is 0.348 e. The van der Waals surface area contributed by atoms with Crippen molar-refractivity contribution < 1.29 is 9.90 Å². The summed E-state index contributed by atoms with van der Waals surface area (Å²) in [7, 11) is 0. The van der Waals surface area contributed by atoms with E-state index in [1.165, 1.54) is 22.5 Å². The second-order valence-corrected chi connectivity index (χ2v) is 5.54. The van der Waals surface area contributed by atoms with Crippen molar-refractivity contribution in [3.8, 4) is 0 Å². The fourth-order valence-electron chi connectivity index (χ4n) is 1.45. The Bertz CT molecular complexity index is 819. The van der Waals surface area contributed by atoms with E-state index in [2.05, 4.69) is 15.2 Å². The van der Waals surface area contributed by atoms with Gasteiger partial charge in [0.25, 0.3) is 0 Å². The molecule has 19 heavy (non-hydrogen) atoms. The number of H-pyrrole nitrogens is 1. The summed E-state index contributed by atoms with van der Waals surface area (Å²) in [4.78, 5) is 27.2. The predicted octanol–water partition coefficient (Wildman–Crippen LogP) is 1.33. The van der Waals surface area contributed by atoms with E-state index in [1.807, 2.05) is 0 Å². The Labute approximate surface area is 113 Å². The largest absolute Gasteiger partial charge is 0.477 e. The summed E-state index contributed by atoms with van der Waals surface area (Å²) in [6.07, 6.45) is 1.38. The Balaban J connectivity index is 1.91. The van der Waals surface area contributed by atoms with Gasteiger partial charge in [-0.15, -0.1) is 11.3 Å². The first kappa shape index (κ1) is 11.9. The Morgan fingerprint density at radius 2 is 2.32 bits per heavy atom. The minimum Gasteiger partial charge on any atom is -0.477 e. The Kier molecular flexibility index (Phi) is 2.84. The van der Waals surface area contributed by atoms with E-state index in [4.69, 9.17) is 5.11 Å². The molecule has 0 spiro atoms. The molecular weight excluding hydrogens is 288 g/mol. The van der Waals surface area contributed by atoms with Crippen molar-refractivity contribution in [2.24, 2.45) is 0 Å². The van der Waals surface area contributed by atoms with Crippen LogP contribution < -0.4 is 5.69 Å². The molecule has 0 aliphatic carbocycles. The molecular formula is C10H6N4O3S2. The van der Waals surface area contributed by atoms with Gasteiger partial charge in [0.1, 0.15) is 16.2 Å². The van der Waals surface area contributed by atoms with Gasteiger partial charge in [-0.3, -0.25) is 0 Å². The maximum Gasteiger partial charge on any atom is 0.348 e. The van der Waals surface area contributed by atoms with Crippen LogP contribution in [0.5, 0.6) is 0 Å². The van der Waals surface area contributed by atoms with Crippen LogP contribution in [0.15, 0.2) is 38.6 Å². The van der Waals surface area contributed by atoms with Gasteiger partial charge in [0, 0.05) is 16.3 Å². The van der Waals surface area contributed by atoms with E-state index < -0.39 is 5.97 Å². The molecule has 96 valence electrons. The molecule has 0 radical (unpaired) electrons. The maximum absolute atomic E-state index is 11.3. The molecule has 0 unspecified atom stereocenters. The third kappa shape index (κ3) is 2.25. The minimum absolute atomic E-state index is 0.277. The fraction of sp³-hybridized carbons (Fsp3) is 0. The SMILES string of the molecule is O=C(O)c1cc(Sc2cc3n[nH]c(=O)n3cn2)cs1. The zero-order chi connectivity index (χ0) is 13.4. The van der Waals surface area contributed by atoms with Gasteiger partial charge < -0.3 is 5.11 Å². The molecule has 0 amide bonds. The molecule has 3 rings (SSSR count). The fourth-order valence-corrected chi connectivity index (χ4v) is 3.15. The van der Waals surface area contributed by atoms with E-state index >= 15 is 0 Å². The highest BCUT2D eigenvalue weighted by atomic mass is 32.2. The number of nitrogens with zero attached hydrogens (tertiary/aromatic N) is 3. The van der Waals surface area contributed by atoms with Crippen LogP contribution in [0.3, 0.4) is 0 Å². The lowest BCUT2D eigenvalue weighted by Gasteiger charge is -1.97. The first-order valence-corrected chi connectivity index (χ1v) is 6.75. The molecule has 0 atom stereocenters. The van der Waals surface area contributed by atoms with Crippen LogP contribution in [0, 0.1) is 0 Å². The molecule has 2 N–H and O–H groups in total. The molecule has 0 fully saturated rings. The van der Waals surface area contributed by atoms with Crippen LogP contribution in [-0.2, 0) is 0 Å². The molecule has 3 aromatic heterocycles. The maximum atomic E-state index is 11.3. The number of carboxylic acids is 1. The van der Waals surface area contributed by atoms with E-state index in [-0.39, 0.29) is 10.6 Å². The number of rotatable bonds is 3. The minimum atomic E-state index is -0.945. The van der Waals surface area contributed by atoms with Crippen LogP contribution in [0.1, 0.15) is 9.67 Å². The molecule has 0 saturated carbocycles. The normalized spacial score (nSPS) is 10.9. The topological polar surface area (TPSA) is 100 Å². The van der Waals surface area contributed by atoms with Crippen molar-refractivity contribution in [2.45, 2.75) is 9.92 Å². The van der Waals surface area contributed by atoms with Crippen molar-refractivity contribution in [2.75, 3.05) is 0 Å². The van der Waals surface area contributed by atoms with Crippen molar-refractivity contribution in [3.05, 3.63) is 39.2 Å². The van der Waals surface area contributed by atoms with Crippen molar-refractivity contribution in [3.63, 3.8) is 0 Å². The van der Waals surface area contributed by atoms with E-state index in [0.29, 0.717) is 10.7 Å². The summed E-state index contributed by atoms with van der Waals surface area (Å²) in [5.74, 6) is -0.945. The first-order chi connectivity index (χ1) is 9.13. The van der Waals surface area contributed by atoms with Crippen LogP contribution in [0.25, 0.3) is 5.65 Å². The van der Waals surface area contributed by atoms with Crippen molar-refractivity contribution >= 4 is 34.7 Å². The van der Waals surface area contributed by atoms with Gasteiger partial charge in [-0.2, -0.15) is 5.10 Å². The zero-order valence-corrected chi connectivity index (χ0v) is 10.9. The Morgan fingerprint density at radius 3 is 3.05 bits per heavy atom. The number of aromatic amines is 1. The Hall–Kier alpha value is -2.13. The Morgan fingerprint density at radius 1 is 1.47 bits per heavy atom. The highest BCUT2D eigenvalue weighted by Crippen LogP contribution is 2.30. The first-order valence-electron chi connectivity index (χ1n) is 5.06. The molecule has 0 aromatic carbocycles. The average molecular weight is 294 g/mol. The lowest BCUT2D eigenvalue weighted by molar-refractivity contribution is 0.0702. The van der Waals surface area contributed by atoms with Crippen LogP contribution in [0.2, 0.25) is 0 Å². The number of hydrogen-bond acceptors (Lipinski definition) is 6. The van der Waals surface area contributed by atoms with Gasteiger partial charge in [0.05, 0.1) is 0 Å². The molecule has 0 aliphatic rings. The lowest BCUT2D eigenvalue weighted by Crippen LogP contribution is -2.09. The number of aromatic nitrogens is 4. The molecule has 3 heterocycles. The van der Waals surface area contributed by atoms with Crippen LogP contribution in [-0.4, -0.2) is 30.7 Å². The number of carboxylic acid groups (broad SMARTS) is 1. The monoisotopic (exact) mass is 294 g/mol. The highest BCUT2D eigenvalue weighted by molar-refractivity contribution is 7.99. The quantitative estimate of drug-likeness (QED) is 0.707. The average Bonchev–Trinajstić information content (AvgIpc) is 2.97. The summed E-state index contributed by atoms with van der Waals surface area (Å²) in [5, 5.41) is 17.4. The van der Waals surface area contributed by atoms with Gasteiger partial charge in [0.2, 0.25) is 0 Å². The summed E-state index contributed by atoms with van der Waals surface area (Å²) >= 11 is 2.48. The zero-order valence-electron chi connectivity index (χ0n) is 9.23. The molecule has 9 heteroatoms. The number of fused-ring (bicyclic) bond motifs is 1. The second kappa shape index (κ2) is 4.52. The van der Waals surface area contributed by atoms with Gasteiger partial charge in [-0.25, -0.2) is 24.1 Å². The molecule has 0 bridgehead atoms. The van der Waals surface area contributed by atoms with Gasteiger partial charge >= 0.3 is 11.7 Å². The predicted molar refractivity (Wildman–Crippen MR) is 69.0 cm³/mol. The molecule has 7 nitrogen and oxygen atoms in total. The lowest BCUT2D eigenvalue weighted by atomic mass is 10.5. The van der Waals surface area contributed by atoms with Gasteiger partial charge in [-0.1, -0.05) is 11.8 Å². The number of hydrogen-bond donors (Lipinski definition) is 2. The highest BCUT2D eigenvalue weighted by Gasteiger charge is 2.09. The van der Waals surface area contributed by atoms with E-state index in [1.54, 1.807) is 17.5 Å². The van der Waals surface area contributed by atoms with Gasteiger partial charge in [-0.05, 0) is 6.07 Å². The van der Waals surface area contributed by atoms with Crippen LogP contribution >= 0.6 is 23.1 Å². The summed E-state index contributed by atoms with van der Waals surface area (Å²) < 4.78 is 1.29. The second-order valence-electron chi connectivity index (χ2n) is 3.54. The van der Waals surface area contributed by atoms with Crippen molar-refractivity contribution in [1.29, 1.82) is 0 Å². The third-order valence-electron chi connectivity index (χ3n) is 2.29. The van der Waals surface area contributed by atoms with E-state index in [0.717, 1.165) is 16.2 Å². The summed E-state index contributed by atoms with van der Waals surface area (Å²) in [6, 6.07) is 3.24. The summed E-state index contributed by atoms with van der Waals surface area (Å²) in [5.41, 5.74) is 0.124. The molecule has 3 aromatic rings. The van der Waals surface area contributed by atoms with Crippen molar-refractivity contribution in [1.82, 2.24) is 19.6 Å². The summed E-state index contributed by atoms with van der Waals surface area (Å²) in [6.45, 7) is 0. The van der Waals surface area contributed by atoms with Gasteiger partial charge in [0.15, 0.2) is 5.65 Å². The van der Waals surface area contributed by atoms with Crippen LogP contribution in [0.4, 0.5) is 0 Å². The number of thiophene rings is 1. The standard InChI is InChI=1S/C10H6N4O3S2/c15-9(16)6-1-5(3-18-6)19-8-2-7-12-13-10(17)14(7)4-11-8/h1-4H,(H,13,17)(H,15,16). The number of nitrogens with one attached hydrogen (secondary N) is 1. The molecule has 0 saturated heterocycles. The van der Waals surface area contributed by atoms with E-state index in [9.17, 15) is 9.59 Å². The number of carbonyl (C=O) groups is 1.